The Labute approximate surface area is 118 Å². The summed E-state index contributed by atoms with van der Waals surface area (Å²) in [5.41, 5.74) is 1.13. The van der Waals surface area contributed by atoms with Gasteiger partial charge in [-0.05, 0) is 33.2 Å². The number of ether oxygens (including phenoxy) is 1. The van der Waals surface area contributed by atoms with Gasteiger partial charge in [-0.15, -0.1) is 11.3 Å². The van der Waals surface area contributed by atoms with Crippen LogP contribution in [0, 0.1) is 13.8 Å². The summed E-state index contributed by atoms with van der Waals surface area (Å²) in [7, 11) is 1.46. The third-order valence-electron chi connectivity index (χ3n) is 3.79. The molecule has 0 saturated carbocycles. The number of nitrogens with zero attached hydrogens (tertiary/aromatic N) is 2. The van der Waals surface area contributed by atoms with Crippen molar-refractivity contribution in [3.05, 3.63) is 15.6 Å². The summed E-state index contributed by atoms with van der Waals surface area (Å²) in [6.45, 7) is 6.08. The molecule has 2 rings (SSSR count). The number of aromatic nitrogens is 1. The summed E-state index contributed by atoms with van der Waals surface area (Å²) >= 11 is 1.77. The number of likely N-dealkylation sites (tertiary alicyclic amines) is 1. The maximum atomic E-state index is 11.5. The van der Waals surface area contributed by atoms with Gasteiger partial charge in [0.2, 0.25) is 0 Å². The molecule has 4 nitrogen and oxygen atoms in total. The van der Waals surface area contributed by atoms with E-state index in [0.29, 0.717) is 12.5 Å². The van der Waals surface area contributed by atoms with Crippen LogP contribution in [0.25, 0.3) is 0 Å². The molecule has 106 valence electrons. The minimum absolute atomic E-state index is 0.108. The summed E-state index contributed by atoms with van der Waals surface area (Å²) < 4.78 is 4.80. The fourth-order valence-corrected chi connectivity index (χ4v) is 3.52. The van der Waals surface area contributed by atoms with E-state index in [1.165, 1.54) is 24.8 Å². The van der Waals surface area contributed by atoms with E-state index in [4.69, 9.17) is 4.74 Å². The number of aryl methyl sites for hydroxylation is 2. The standard InChI is InChI=1S/C14H22N2O2S/c1-10-11(2)19-13(15-10)9-16-7-5-4-6-12(16)8-14(17)18-3/h12H,4-9H2,1-3H3. The monoisotopic (exact) mass is 282 g/mol. The van der Waals surface area contributed by atoms with Crippen molar-refractivity contribution in [2.45, 2.75) is 52.1 Å². The van der Waals surface area contributed by atoms with Gasteiger partial charge in [-0.25, -0.2) is 4.98 Å². The van der Waals surface area contributed by atoms with Crippen molar-refractivity contribution in [2.75, 3.05) is 13.7 Å². The van der Waals surface area contributed by atoms with Crippen LogP contribution in [0.2, 0.25) is 0 Å². The van der Waals surface area contributed by atoms with Gasteiger partial charge in [-0.3, -0.25) is 9.69 Å². The Hall–Kier alpha value is -0.940. The van der Waals surface area contributed by atoms with Crippen LogP contribution in [0.3, 0.4) is 0 Å². The zero-order chi connectivity index (χ0) is 13.8. The third kappa shape index (κ3) is 3.76. The molecule has 0 bridgehead atoms. The van der Waals surface area contributed by atoms with Crippen LogP contribution in [0.4, 0.5) is 0 Å². The molecule has 1 aromatic rings. The minimum atomic E-state index is -0.108. The molecule has 0 radical (unpaired) electrons. The first-order chi connectivity index (χ1) is 9.10. The highest BCUT2D eigenvalue weighted by Crippen LogP contribution is 2.25. The molecule has 5 heteroatoms. The van der Waals surface area contributed by atoms with Gasteiger partial charge in [0.25, 0.3) is 0 Å². The van der Waals surface area contributed by atoms with Gasteiger partial charge < -0.3 is 4.74 Å². The SMILES string of the molecule is COC(=O)CC1CCCCN1Cc1nc(C)c(C)s1. The van der Waals surface area contributed by atoms with Crippen molar-refractivity contribution in [3.8, 4) is 0 Å². The molecule has 1 aromatic heterocycles. The van der Waals surface area contributed by atoms with E-state index in [1.54, 1.807) is 11.3 Å². The lowest BCUT2D eigenvalue weighted by Gasteiger charge is -2.34. The number of hydrogen-bond acceptors (Lipinski definition) is 5. The lowest BCUT2D eigenvalue weighted by Crippen LogP contribution is -2.40. The second-order valence-corrected chi connectivity index (χ2v) is 6.44. The lowest BCUT2D eigenvalue weighted by molar-refractivity contribution is -0.142. The Morgan fingerprint density at radius 3 is 2.89 bits per heavy atom. The Morgan fingerprint density at radius 2 is 2.26 bits per heavy atom. The van der Waals surface area contributed by atoms with Gasteiger partial charge >= 0.3 is 5.97 Å². The fraction of sp³-hybridized carbons (Fsp3) is 0.714. The topological polar surface area (TPSA) is 42.4 Å². The molecule has 1 saturated heterocycles. The van der Waals surface area contributed by atoms with Crippen molar-refractivity contribution in [1.82, 2.24) is 9.88 Å². The molecule has 0 amide bonds. The van der Waals surface area contributed by atoms with Gasteiger partial charge in [0.05, 0.1) is 25.8 Å². The molecular weight excluding hydrogens is 260 g/mol. The Morgan fingerprint density at radius 1 is 1.47 bits per heavy atom. The number of methoxy groups -OCH3 is 1. The zero-order valence-electron chi connectivity index (χ0n) is 11.9. The average Bonchev–Trinajstić information content (AvgIpc) is 2.70. The van der Waals surface area contributed by atoms with Crippen molar-refractivity contribution < 1.29 is 9.53 Å². The number of rotatable bonds is 4. The highest BCUT2D eigenvalue weighted by Gasteiger charge is 2.25. The van der Waals surface area contributed by atoms with Crippen LogP contribution >= 0.6 is 11.3 Å². The third-order valence-corrected chi connectivity index (χ3v) is 4.85. The summed E-state index contributed by atoms with van der Waals surface area (Å²) in [5, 5.41) is 1.16. The first kappa shape index (κ1) is 14.5. The molecule has 1 atom stereocenters. The fourth-order valence-electron chi connectivity index (χ4n) is 2.56. The molecule has 0 aromatic carbocycles. The van der Waals surface area contributed by atoms with Gasteiger partial charge in [-0.2, -0.15) is 0 Å². The Kier molecular flexibility index (Phi) is 4.93. The van der Waals surface area contributed by atoms with Crippen molar-refractivity contribution in [1.29, 1.82) is 0 Å². The molecule has 1 aliphatic heterocycles. The highest BCUT2D eigenvalue weighted by atomic mass is 32.1. The zero-order valence-corrected chi connectivity index (χ0v) is 12.8. The first-order valence-electron chi connectivity index (χ1n) is 6.84. The van der Waals surface area contributed by atoms with E-state index in [9.17, 15) is 4.79 Å². The normalized spacial score (nSPS) is 20.5. The van der Waals surface area contributed by atoms with E-state index in [1.807, 2.05) is 0 Å². The molecule has 1 fully saturated rings. The van der Waals surface area contributed by atoms with Crippen molar-refractivity contribution in [2.24, 2.45) is 0 Å². The molecule has 0 aliphatic carbocycles. The van der Waals surface area contributed by atoms with Crippen LogP contribution in [0.15, 0.2) is 0 Å². The molecule has 0 N–H and O–H groups in total. The predicted molar refractivity (Wildman–Crippen MR) is 76.3 cm³/mol. The number of piperidine rings is 1. The van der Waals surface area contributed by atoms with E-state index >= 15 is 0 Å². The second-order valence-electron chi connectivity index (χ2n) is 5.15. The van der Waals surface area contributed by atoms with E-state index in [2.05, 4.69) is 23.7 Å². The van der Waals surface area contributed by atoms with Gasteiger partial charge in [0.15, 0.2) is 0 Å². The number of carbonyl (C=O) groups is 1. The first-order valence-corrected chi connectivity index (χ1v) is 7.65. The number of hydrogen-bond donors (Lipinski definition) is 0. The minimum Gasteiger partial charge on any atom is -0.469 e. The largest absolute Gasteiger partial charge is 0.469 e. The van der Waals surface area contributed by atoms with Crippen LogP contribution in [-0.4, -0.2) is 35.5 Å². The average molecular weight is 282 g/mol. The smallest absolute Gasteiger partial charge is 0.307 e. The quantitative estimate of drug-likeness (QED) is 0.796. The van der Waals surface area contributed by atoms with Crippen molar-refractivity contribution in [3.63, 3.8) is 0 Å². The van der Waals surface area contributed by atoms with Crippen LogP contribution in [-0.2, 0) is 16.1 Å². The molecule has 2 heterocycles. The van der Waals surface area contributed by atoms with Gasteiger partial charge in [0, 0.05) is 10.9 Å². The molecule has 1 aliphatic rings. The van der Waals surface area contributed by atoms with E-state index in [-0.39, 0.29) is 5.97 Å². The lowest BCUT2D eigenvalue weighted by atomic mass is 9.99. The predicted octanol–water partition coefficient (Wildman–Crippen LogP) is 2.68. The molecule has 1 unspecified atom stereocenters. The van der Waals surface area contributed by atoms with Crippen LogP contribution in [0.1, 0.15) is 41.3 Å². The van der Waals surface area contributed by atoms with E-state index < -0.39 is 0 Å². The summed E-state index contributed by atoms with van der Waals surface area (Å²) in [4.78, 5) is 19.7. The summed E-state index contributed by atoms with van der Waals surface area (Å²) in [6.07, 6.45) is 3.99. The number of carbonyl (C=O) groups excluding carboxylic acids is 1. The maximum Gasteiger partial charge on any atom is 0.307 e. The number of thiazole rings is 1. The summed E-state index contributed by atoms with van der Waals surface area (Å²) in [6, 6.07) is 0.311. The molecule has 19 heavy (non-hydrogen) atoms. The highest BCUT2D eigenvalue weighted by molar-refractivity contribution is 7.11. The van der Waals surface area contributed by atoms with Gasteiger partial charge in [0.1, 0.15) is 5.01 Å². The molecular formula is C14H22N2O2S. The summed E-state index contributed by atoms with van der Waals surface area (Å²) in [5.74, 6) is -0.108. The Bertz CT molecular complexity index is 425. The maximum absolute atomic E-state index is 11.5. The van der Waals surface area contributed by atoms with E-state index in [0.717, 1.165) is 30.2 Å². The van der Waals surface area contributed by atoms with Crippen molar-refractivity contribution >= 4 is 17.3 Å². The molecule has 0 spiro atoms. The van der Waals surface area contributed by atoms with Crippen LogP contribution in [0.5, 0.6) is 0 Å². The van der Waals surface area contributed by atoms with Gasteiger partial charge in [-0.1, -0.05) is 6.42 Å². The van der Waals surface area contributed by atoms with Crippen LogP contribution < -0.4 is 0 Å². The Balaban J connectivity index is 2.00. The number of esters is 1. The second kappa shape index (κ2) is 6.48.